The lowest BCUT2D eigenvalue weighted by Gasteiger charge is -2.52. The van der Waals surface area contributed by atoms with Crippen LogP contribution in [0, 0.1) is 16.2 Å². The molecule has 3 aromatic carbocycles. The first-order chi connectivity index (χ1) is 21.0. The van der Waals surface area contributed by atoms with Crippen molar-refractivity contribution in [3.63, 3.8) is 0 Å². The molecule has 0 saturated carbocycles. The summed E-state index contributed by atoms with van der Waals surface area (Å²) < 4.78 is 2.55. The van der Waals surface area contributed by atoms with Crippen LogP contribution in [0.3, 0.4) is 0 Å². The van der Waals surface area contributed by atoms with E-state index >= 15 is 0 Å². The molecular formula is C44H59NO. The number of aliphatic hydroxyl groups is 1. The van der Waals surface area contributed by atoms with Crippen LogP contribution >= 0.6 is 0 Å². The fourth-order valence-electron chi connectivity index (χ4n) is 8.03. The van der Waals surface area contributed by atoms with E-state index in [0.29, 0.717) is 0 Å². The largest absolute Gasteiger partial charge is 0.386 e. The molecule has 1 heterocycles. The van der Waals surface area contributed by atoms with Crippen molar-refractivity contribution in [3.05, 3.63) is 101 Å². The number of aliphatic hydroxyl groups excluding tert-OH is 1. The molecule has 4 aromatic rings. The predicted octanol–water partition coefficient (Wildman–Crippen LogP) is 12.0. The van der Waals surface area contributed by atoms with Gasteiger partial charge in [0.15, 0.2) is 0 Å². The van der Waals surface area contributed by atoms with Crippen molar-refractivity contribution in [2.45, 2.75) is 126 Å². The van der Waals surface area contributed by atoms with Gasteiger partial charge in [-0.05, 0) is 73.5 Å². The summed E-state index contributed by atoms with van der Waals surface area (Å²) in [6, 6.07) is 24.6. The fraction of sp³-hybridized carbons (Fsp3) is 0.500. The Morgan fingerprint density at radius 1 is 0.652 bits per heavy atom. The molecule has 46 heavy (non-hydrogen) atoms. The molecule has 5 rings (SSSR count). The van der Waals surface area contributed by atoms with Crippen molar-refractivity contribution >= 4 is 27.4 Å². The number of benzene rings is 3. The van der Waals surface area contributed by atoms with Crippen LogP contribution in [0.15, 0.2) is 84.5 Å². The Morgan fingerprint density at radius 2 is 1.13 bits per heavy atom. The fourth-order valence-corrected chi connectivity index (χ4v) is 8.03. The third kappa shape index (κ3) is 5.92. The average Bonchev–Trinajstić information content (AvgIpc) is 3.24. The molecule has 0 saturated heterocycles. The smallest absolute Gasteiger partial charge is 0.107 e. The maximum absolute atomic E-state index is 13.1. The van der Waals surface area contributed by atoms with Gasteiger partial charge in [0, 0.05) is 10.8 Å². The number of hydrogen-bond donors (Lipinski definition) is 1. The van der Waals surface area contributed by atoms with Gasteiger partial charge in [0.25, 0.3) is 0 Å². The van der Waals surface area contributed by atoms with Gasteiger partial charge in [-0.25, -0.2) is 0 Å². The SMILES string of the molecule is CC(C)(C)CC(C)(C)C1=CC(n2c3cc(C(C)(C)C)ccc3c3ccc(C(C)(C)C)cc32)(C(C)(C)C)C(O)C(c2ccccc2)=C1. The molecule has 0 amide bonds. The number of nitrogens with zero attached hydrogens (tertiary/aromatic N) is 1. The summed E-state index contributed by atoms with van der Waals surface area (Å²) in [6.07, 6.45) is 5.03. The van der Waals surface area contributed by atoms with Crippen LogP contribution in [0.2, 0.25) is 0 Å². The van der Waals surface area contributed by atoms with Gasteiger partial charge in [0.1, 0.15) is 6.10 Å². The van der Waals surface area contributed by atoms with Gasteiger partial charge < -0.3 is 9.67 Å². The Morgan fingerprint density at radius 3 is 1.54 bits per heavy atom. The third-order valence-electron chi connectivity index (χ3n) is 10.3. The van der Waals surface area contributed by atoms with Gasteiger partial charge >= 0.3 is 0 Å². The van der Waals surface area contributed by atoms with E-state index in [9.17, 15) is 5.11 Å². The number of allylic oxidation sites excluding steroid dienone is 2. The van der Waals surface area contributed by atoms with Crippen LogP contribution < -0.4 is 0 Å². The van der Waals surface area contributed by atoms with Crippen LogP contribution in [0.5, 0.6) is 0 Å². The maximum atomic E-state index is 13.1. The second-order valence-corrected chi connectivity index (χ2v) is 19.0. The molecule has 246 valence electrons. The van der Waals surface area contributed by atoms with Crippen molar-refractivity contribution < 1.29 is 5.11 Å². The summed E-state index contributed by atoms with van der Waals surface area (Å²) in [6.45, 7) is 32.4. The lowest BCUT2D eigenvalue weighted by Crippen LogP contribution is -2.55. The second kappa shape index (κ2) is 11.0. The maximum Gasteiger partial charge on any atom is 0.107 e. The highest BCUT2D eigenvalue weighted by Gasteiger charge is 2.53. The monoisotopic (exact) mass is 617 g/mol. The molecule has 1 aliphatic carbocycles. The van der Waals surface area contributed by atoms with E-state index in [0.717, 1.165) is 17.6 Å². The van der Waals surface area contributed by atoms with E-state index in [4.69, 9.17) is 0 Å². The van der Waals surface area contributed by atoms with Gasteiger partial charge in [-0.15, -0.1) is 0 Å². The lowest BCUT2D eigenvalue weighted by atomic mass is 9.60. The standard InChI is InChI=1S/C44H59NO/c1-39(2,3)28-43(13,14)32-24-35(29-18-16-15-17-19-29)38(46)44(27-32,42(10,11)12)45-36-25-30(40(4,5)6)20-22-33(36)34-23-21-31(26-37(34)45)41(7,8)9/h15-27,38,46H,28H2,1-14H3. The Labute approximate surface area is 279 Å². The van der Waals surface area contributed by atoms with E-state index in [1.807, 2.05) is 0 Å². The summed E-state index contributed by atoms with van der Waals surface area (Å²) in [5.41, 5.74) is 7.14. The summed E-state index contributed by atoms with van der Waals surface area (Å²) in [7, 11) is 0. The Hall–Kier alpha value is -3.10. The molecule has 2 unspecified atom stereocenters. The zero-order valence-electron chi connectivity index (χ0n) is 31.2. The molecule has 2 nitrogen and oxygen atoms in total. The zero-order chi connectivity index (χ0) is 34.3. The first-order valence-corrected chi connectivity index (χ1v) is 17.3. The molecule has 0 bridgehead atoms. The second-order valence-electron chi connectivity index (χ2n) is 19.0. The van der Waals surface area contributed by atoms with Gasteiger partial charge in [-0.2, -0.15) is 0 Å². The summed E-state index contributed by atoms with van der Waals surface area (Å²) in [4.78, 5) is 0. The molecule has 2 atom stereocenters. The Bertz CT molecular complexity index is 1750. The summed E-state index contributed by atoms with van der Waals surface area (Å²) in [5.74, 6) is 0. The van der Waals surface area contributed by atoms with Crippen molar-refractivity contribution in [1.29, 1.82) is 0 Å². The lowest BCUT2D eigenvalue weighted by molar-refractivity contribution is 0.0301. The van der Waals surface area contributed by atoms with E-state index in [1.165, 1.54) is 38.5 Å². The summed E-state index contributed by atoms with van der Waals surface area (Å²) >= 11 is 0. The van der Waals surface area contributed by atoms with E-state index in [1.54, 1.807) is 0 Å². The van der Waals surface area contributed by atoms with Crippen molar-refractivity contribution in [2.75, 3.05) is 0 Å². The van der Waals surface area contributed by atoms with Crippen molar-refractivity contribution in [3.8, 4) is 0 Å². The zero-order valence-corrected chi connectivity index (χ0v) is 31.2. The highest BCUT2D eigenvalue weighted by atomic mass is 16.3. The topological polar surface area (TPSA) is 25.2 Å². The molecule has 2 heteroatoms. The Balaban J connectivity index is 2.01. The van der Waals surface area contributed by atoms with E-state index in [2.05, 4.69) is 180 Å². The average molecular weight is 618 g/mol. The van der Waals surface area contributed by atoms with E-state index in [-0.39, 0.29) is 27.1 Å². The molecule has 1 aromatic heterocycles. The van der Waals surface area contributed by atoms with Crippen LogP contribution in [-0.4, -0.2) is 15.8 Å². The molecule has 1 aliphatic rings. The van der Waals surface area contributed by atoms with E-state index < -0.39 is 11.6 Å². The molecule has 1 N–H and O–H groups in total. The minimum absolute atomic E-state index is 0.0169. The van der Waals surface area contributed by atoms with Crippen LogP contribution in [0.1, 0.15) is 120 Å². The number of rotatable bonds is 4. The van der Waals surface area contributed by atoms with Crippen LogP contribution in [-0.2, 0) is 16.4 Å². The molecule has 0 radical (unpaired) electrons. The minimum Gasteiger partial charge on any atom is -0.386 e. The van der Waals surface area contributed by atoms with Crippen molar-refractivity contribution in [1.82, 2.24) is 4.57 Å². The van der Waals surface area contributed by atoms with Crippen LogP contribution in [0.25, 0.3) is 27.4 Å². The van der Waals surface area contributed by atoms with Gasteiger partial charge in [0.2, 0.25) is 0 Å². The van der Waals surface area contributed by atoms with Gasteiger partial charge in [0.05, 0.1) is 16.6 Å². The van der Waals surface area contributed by atoms with Crippen molar-refractivity contribution in [2.24, 2.45) is 16.2 Å². The number of fused-ring (bicyclic) bond motifs is 3. The molecule has 0 aliphatic heterocycles. The third-order valence-corrected chi connectivity index (χ3v) is 10.3. The van der Waals surface area contributed by atoms with Gasteiger partial charge in [-0.1, -0.05) is 164 Å². The number of aromatic nitrogens is 1. The normalized spacial score (nSPS) is 20.3. The highest BCUT2D eigenvalue weighted by Crippen LogP contribution is 2.55. The molecule has 0 spiro atoms. The minimum atomic E-state index is -0.787. The highest BCUT2D eigenvalue weighted by molar-refractivity contribution is 6.09. The van der Waals surface area contributed by atoms with Gasteiger partial charge in [-0.3, -0.25) is 0 Å². The quantitative estimate of drug-likeness (QED) is 0.242. The summed E-state index contributed by atoms with van der Waals surface area (Å²) in [5, 5.41) is 15.6. The number of hydrogen-bond acceptors (Lipinski definition) is 1. The first kappa shape index (κ1) is 34.2. The predicted molar refractivity (Wildman–Crippen MR) is 201 cm³/mol. The Kier molecular flexibility index (Phi) is 8.17. The first-order valence-electron chi connectivity index (χ1n) is 17.3. The molecular weight excluding hydrogens is 558 g/mol. The van der Waals surface area contributed by atoms with Crippen LogP contribution in [0.4, 0.5) is 0 Å². The molecule has 0 fully saturated rings.